The van der Waals surface area contributed by atoms with E-state index in [4.69, 9.17) is 30.8 Å². The van der Waals surface area contributed by atoms with Crippen LogP contribution in [-0.4, -0.2) is 101 Å². The minimum atomic E-state index is -1.40. The van der Waals surface area contributed by atoms with Crippen molar-refractivity contribution in [2.24, 2.45) is 11.8 Å². The molecule has 3 fully saturated rings. The lowest BCUT2D eigenvalue weighted by Crippen LogP contribution is -2.53. The number of halogens is 1. The maximum absolute atomic E-state index is 13.5. The standard InChI is InChI=1S/C40H43ClN8O9/c1-42-33(51)21-58-31-15-24-14-25(7-8-28(24)48(38(31)54)13-11-23-18-56-19-23)44-35-27(41)16-43-40(46-35)47-12-3-4-22(17-47)20-57-30-6-2-5-26-34(30)39(55)49(37(26)53)29-9-10-32(50)45-36(29)52/h2,5-8,14-16,22-23,29,39,55H,3-4,9-13,17-21H2,1H3,(H,42,51)(H,43,44,46)(H,45,50,52)/t22-,29?,39?/m0/s1. The second-order valence-corrected chi connectivity index (χ2v) is 15.3. The van der Waals surface area contributed by atoms with Gasteiger partial charge in [-0.15, -0.1) is 0 Å². The predicted molar refractivity (Wildman–Crippen MR) is 211 cm³/mol. The summed E-state index contributed by atoms with van der Waals surface area (Å²) in [5.74, 6) is -0.165. The van der Waals surface area contributed by atoms with Crippen molar-refractivity contribution in [2.75, 3.05) is 56.8 Å². The number of ether oxygens (including phenoxy) is 3. The van der Waals surface area contributed by atoms with Crippen molar-refractivity contribution in [2.45, 2.75) is 50.9 Å². The number of aromatic nitrogens is 3. The molecule has 4 aliphatic rings. The highest BCUT2D eigenvalue weighted by atomic mass is 35.5. The highest BCUT2D eigenvalue weighted by Crippen LogP contribution is 2.41. The summed E-state index contributed by atoms with van der Waals surface area (Å²) in [4.78, 5) is 75.5. The number of anilines is 3. The Bertz CT molecular complexity index is 2340. The topological polar surface area (TPSA) is 207 Å². The van der Waals surface area contributed by atoms with Crippen molar-refractivity contribution in [1.82, 2.24) is 30.1 Å². The molecule has 17 nitrogen and oxygen atoms in total. The fourth-order valence-electron chi connectivity index (χ4n) is 7.84. The summed E-state index contributed by atoms with van der Waals surface area (Å²) in [6.07, 6.45) is 2.80. The molecule has 58 heavy (non-hydrogen) atoms. The molecule has 4 amide bonds. The van der Waals surface area contributed by atoms with Crippen LogP contribution in [0.15, 0.2) is 53.5 Å². The Morgan fingerprint density at radius 1 is 1.07 bits per heavy atom. The second-order valence-electron chi connectivity index (χ2n) is 14.9. The van der Waals surface area contributed by atoms with Gasteiger partial charge < -0.3 is 39.4 Å². The van der Waals surface area contributed by atoms with Gasteiger partial charge in [0.05, 0.1) is 42.7 Å². The van der Waals surface area contributed by atoms with Crippen molar-refractivity contribution in [3.63, 3.8) is 0 Å². The third-order valence-corrected chi connectivity index (χ3v) is 11.3. The zero-order valence-corrected chi connectivity index (χ0v) is 32.5. The van der Waals surface area contributed by atoms with Crippen LogP contribution in [0.4, 0.5) is 17.5 Å². The van der Waals surface area contributed by atoms with E-state index in [-0.39, 0.29) is 54.8 Å². The van der Waals surface area contributed by atoms with E-state index in [1.165, 1.54) is 7.05 Å². The number of likely N-dealkylation sites (N-methyl/N-ethyl adjacent to an activating group) is 1. The van der Waals surface area contributed by atoms with Crippen LogP contribution < -0.4 is 35.9 Å². The first-order valence-electron chi connectivity index (χ1n) is 19.3. The summed E-state index contributed by atoms with van der Waals surface area (Å²) >= 11 is 6.61. The van der Waals surface area contributed by atoms with E-state index in [9.17, 15) is 29.1 Å². The smallest absolute Gasteiger partial charge is 0.293 e. The Morgan fingerprint density at radius 2 is 1.91 bits per heavy atom. The predicted octanol–water partition coefficient (Wildman–Crippen LogP) is 2.90. The lowest BCUT2D eigenvalue weighted by Gasteiger charge is -2.33. The van der Waals surface area contributed by atoms with Crippen LogP contribution in [0, 0.1) is 11.8 Å². The van der Waals surface area contributed by atoms with Crippen LogP contribution in [0.1, 0.15) is 54.3 Å². The van der Waals surface area contributed by atoms with Gasteiger partial charge in [-0.3, -0.25) is 34.2 Å². The van der Waals surface area contributed by atoms with Crippen molar-refractivity contribution < 1.29 is 38.5 Å². The normalized spacial score (nSPS) is 20.7. The zero-order chi connectivity index (χ0) is 40.5. The number of amides is 4. The molecule has 18 heteroatoms. The number of aliphatic hydroxyl groups is 1. The number of rotatable bonds is 13. The number of imide groups is 1. The van der Waals surface area contributed by atoms with Crippen LogP contribution in [0.25, 0.3) is 10.9 Å². The molecular formula is C40H43ClN8O9. The molecule has 4 N–H and O–H groups in total. The van der Waals surface area contributed by atoms with Gasteiger partial charge in [0, 0.05) is 56.0 Å². The Hall–Kier alpha value is -5.78. The summed E-state index contributed by atoms with van der Waals surface area (Å²) in [5, 5.41) is 20.4. The first-order chi connectivity index (χ1) is 28.1. The number of carbonyl (C=O) groups excluding carboxylic acids is 4. The van der Waals surface area contributed by atoms with Gasteiger partial charge >= 0.3 is 0 Å². The zero-order valence-electron chi connectivity index (χ0n) is 31.7. The van der Waals surface area contributed by atoms with Crippen LogP contribution >= 0.6 is 11.6 Å². The minimum Gasteiger partial charge on any atom is -0.493 e. The number of piperidine rings is 2. The molecule has 3 atom stereocenters. The average Bonchev–Trinajstić information content (AvgIpc) is 3.46. The number of nitrogens with zero attached hydrogens (tertiary/aromatic N) is 5. The molecule has 2 unspecified atom stereocenters. The number of fused-ring (bicyclic) bond motifs is 2. The molecular weight excluding hydrogens is 772 g/mol. The fourth-order valence-corrected chi connectivity index (χ4v) is 7.98. The van der Waals surface area contributed by atoms with E-state index < -0.39 is 30.0 Å². The van der Waals surface area contributed by atoms with Crippen molar-refractivity contribution in [3.05, 3.63) is 75.2 Å². The van der Waals surface area contributed by atoms with Crippen molar-refractivity contribution in [1.29, 1.82) is 0 Å². The summed E-state index contributed by atoms with van der Waals surface area (Å²) in [7, 11) is 1.50. The van der Waals surface area contributed by atoms with Gasteiger partial charge in [-0.1, -0.05) is 17.7 Å². The largest absolute Gasteiger partial charge is 0.493 e. The molecule has 304 valence electrons. The number of benzene rings is 2. The average molecular weight is 815 g/mol. The lowest BCUT2D eigenvalue weighted by atomic mass is 9.99. The second kappa shape index (κ2) is 16.6. The van der Waals surface area contributed by atoms with Gasteiger partial charge in [-0.2, -0.15) is 4.98 Å². The number of pyridine rings is 1. The Labute approximate surface area is 337 Å². The van der Waals surface area contributed by atoms with Crippen molar-refractivity contribution in [3.8, 4) is 11.5 Å². The molecule has 2 aromatic carbocycles. The molecule has 0 radical (unpaired) electrons. The minimum absolute atomic E-state index is 0.0514. The van der Waals surface area contributed by atoms with Crippen LogP contribution in [0.3, 0.4) is 0 Å². The highest BCUT2D eigenvalue weighted by Gasteiger charge is 2.46. The molecule has 4 aromatic rings. The molecule has 4 aliphatic heterocycles. The number of hydrogen-bond donors (Lipinski definition) is 4. The number of aliphatic hydroxyl groups excluding tert-OH is 1. The van der Waals surface area contributed by atoms with Gasteiger partial charge in [0.15, 0.2) is 24.4 Å². The Kier molecular flexibility index (Phi) is 11.2. The SMILES string of the molecule is CNC(=O)COc1cc2cc(Nc3nc(N4CCC[C@H](COc5cccc6c5C(O)N(C5CCC(=O)NC5=O)C6=O)C4)ncc3Cl)ccc2n(CCC2COC2)c1=O. The van der Waals surface area contributed by atoms with E-state index in [1.54, 1.807) is 35.0 Å². The van der Waals surface area contributed by atoms with Crippen LogP contribution in [-0.2, 0) is 25.7 Å². The van der Waals surface area contributed by atoms with Gasteiger partial charge in [0.1, 0.15) is 16.8 Å². The Balaban J connectivity index is 0.960. The number of aryl methyl sites for hydroxylation is 1. The van der Waals surface area contributed by atoms with E-state index in [2.05, 4.69) is 25.8 Å². The maximum atomic E-state index is 13.5. The fraction of sp³-hybridized carbons (Fsp3) is 0.425. The summed E-state index contributed by atoms with van der Waals surface area (Å²) < 4.78 is 18.9. The number of hydrogen-bond acceptors (Lipinski definition) is 13. The third kappa shape index (κ3) is 7.88. The van der Waals surface area contributed by atoms with Crippen LogP contribution in [0.5, 0.6) is 11.5 Å². The van der Waals surface area contributed by atoms with Gasteiger partial charge in [-0.05, 0) is 62.1 Å². The quantitative estimate of drug-likeness (QED) is 0.144. The van der Waals surface area contributed by atoms with E-state index >= 15 is 0 Å². The monoisotopic (exact) mass is 814 g/mol. The van der Waals surface area contributed by atoms with Crippen LogP contribution in [0.2, 0.25) is 5.02 Å². The van der Waals surface area contributed by atoms with E-state index in [0.717, 1.165) is 29.5 Å². The molecule has 0 aliphatic carbocycles. The summed E-state index contributed by atoms with van der Waals surface area (Å²) in [6, 6.07) is 11.2. The maximum Gasteiger partial charge on any atom is 0.293 e. The highest BCUT2D eigenvalue weighted by molar-refractivity contribution is 6.33. The molecule has 2 aromatic heterocycles. The molecule has 0 saturated carbocycles. The molecule has 8 rings (SSSR count). The Morgan fingerprint density at radius 3 is 2.69 bits per heavy atom. The van der Waals surface area contributed by atoms with Gasteiger partial charge in [0.2, 0.25) is 17.8 Å². The summed E-state index contributed by atoms with van der Waals surface area (Å²) in [6.45, 7) is 3.06. The third-order valence-electron chi connectivity index (χ3n) is 11.0. The molecule has 0 bridgehead atoms. The number of nitrogens with one attached hydrogen (secondary N) is 3. The molecule has 0 spiro atoms. The summed E-state index contributed by atoms with van der Waals surface area (Å²) in [5.41, 5.74) is 1.61. The first-order valence-corrected chi connectivity index (χ1v) is 19.7. The first kappa shape index (κ1) is 39.1. The van der Waals surface area contributed by atoms with Gasteiger partial charge in [-0.25, -0.2) is 4.98 Å². The van der Waals surface area contributed by atoms with E-state index in [1.807, 2.05) is 18.2 Å². The molecule has 3 saturated heterocycles. The molecule has 6 heterocycles. The van der Waals surface area contributed by atoms with Crippen molar-refractivity contribution >= 4 is 63.6 Å². The number of carbonyl (C=O) groups is 4. The van der Waals surface area contributed by atoms with E-state index in [0.29, 0.717) is 78.1 Å². The van der Waals surface area contributed by atoms with Gasteiger partial charge in [0.25, 0.3) is 17.4 Å². The lowest BCUT2D eigenvalue weighted by molar-refractivity contribution is -0.139.